The van der Waals surface area contributed by atoms with Crippen LogP contribution in [0.25, 0.3) is 0 Å². The van der Waals surface area contributed by atoms with Gasteiger partial charge in [0.1, 0.15) is 12.4 Å². The number of nitrogens with two attached hydrogens (primary N) is 1. The first-order valence-electron chi connectivity index (χ1n) is 5.55. The van der Waals surface area contributed by atoms with E-state index in [0.717, 1.165) is 11.3 Å². The normalized spacial score (nSPS) is 12.2. The lowest BCUT2D eigenvalue weighted by Gasteiger charge is -2.14. The summed E-state index contributed by atoms with van der Waals surface area (Å²) < 4.78 is 5.59. The van der Waals surface area contributed by atoms with Crippen molar-refractivity contribution in [1.29, 1.82) is 0 Å². The summed E-state index contributed by atoms with van der Waals surface area (Å²) in [4.78, 5) is 0. The predicted molar refractivity (Wildman–Crippen MR) is 75.3 cm³/mol. The molecule has 0 amide bonds. The van der Waals surface area contributed by atoms with Gasteiger partial charge >= 0.3 is 0 Å². The summed E-state index contributed by atoms with van der Waals surface area (Å²) in [5.74, 6) is 0.738. The van der Waals surface area contributed by atoms with Gasteiger partial charge in [0.2, 0.25) is 0 Å². The van der Waals surface area contributed by atoms with Crippen molar-refractivity contribution < 1.29 is 4.74 Å². The average Bonchev–Trinajstić information content (AvgIpc) is 2.38. The molecule has 0 saturated carbocycles. The van der Waals surface area contributed by atoms with Crippen molar-refractivity contribution in [2.45, 2.75) is 6.04 Å². The van der Waals surface area contributed by atoms with Crippen LogP contribution in [0.5, 0.6) is 5.75 Å². The van der Waals surface area contributed by atoms with E-state index >= 15 is 0 Å². The minimum atomic E-state index is -0.255. The van der Waals surface area contributed by atoms with Gasteiger partial charge in [-0.1, -0.05) is 41.4 Å². The van der Waals surface area contributed by atoms with Crippen LogP contribution in [0, 0.1) is 0 Å². The summed E-state index contributed by atoms with van der Waals surface area (Å²) in [6.07, 6.45) is 0. The van der Waals surface area contributed by atoms with Gasteiger partial charge in [0.25, 0.3) is 0 Å². The van der Waals surface area contributed by atoms with Crippen LogP contribution in [-0.2, 0) is 0 Å². The van der Waals surface area contributed by atoms with Crippen molar-refractivity contribution in [3.63, 3.8) is 0 Å². The van der Waals surface area contributed by atoms with Crippen LogP contribution in [0.15, 0.2) is 48.5 Å². The van der Waals surface area contributed by atoms with Crippen molar-refractivity contribution in [2.24, 2.45) is 5.73 Å². The second-order valence-corrected chi connectivity index (χ2v) is 4.74. The summed E-state index contributed by atoms with van der Waals surface area (Å²) in [6, 6.07) is 14.4. The molecule has 94 valence electrons. The Labute approximate surface area is 116 Å². The Kier molecular flexibility index (Phi) is 4.48. The molecule has 0 bridgehead atoms. The minimum absolute atomic E-state index is 0.255. The quantitative estimate of drug-likeness (QED) is 0.917. The first-order valence-corrected chi connectivity index (χ1v) is 6.31. The lowest BCUT2D eigenvalue weighted by atomic mass is 10.1. The van der Waals surface area contributed by atoms with E-state index in [1.54, 1.807) is 12.1 Å². The summed E-state index contributed by atoms with van der Waals surface area (Å²) in [5, 5.41) is 1.34. The second-order valence-electron chi connectivity index (χ2n) is 3.89. The maximum absolute atomic E-state index is 6.07. The van der Waals surface area contributed by atoms with E-state index in [1.165, 1.54) is 0 Å². The molecule has 2 aromatic carbocycles. The maximum atomic E-state index is 6.07. The number of rotatable bonds is 4. The number of benzene rings is 2. The Morgan fingerprint density at radius 2 is 1.67 bits per heavy atom. The zero-order valence-electron chi connectivity index (χ0n) is 9.64. The molecular weight excluding hydrogens is 269 g/mol. The molecule has 0 fully saturated rings. The van der Waals surface area contributed by atoms with Crippen molar-refractivity contribution in [3.05, 3.63) is 64.1 Å². The highest BCUT2D eigenvalue weighted by molar-refractivity contribution is 6.31. The fourth-order valence-electron chi connectivity index (χ4n) is 1.58. The molecule has 0 spiro atoms. The van der Waals surface area contributed by atoms with Gasteiger partial charge in [-0.15, -0.1) is 0 Å². The Balaban J connectivity index is 1.98. The summed E-state index contributed by atoms with van der Waals surface area (Å²) >= 11 is 11.9. The zero-order chi connectivity index (χ0) is 13.0. The topological polar surface area (TPSA) is 35.2 Å². The fourth-order valence-corrected chi connectivity index (χ4v) is 1.98. The Morgan fingerprint density at radius 3 is 2.33 bits per heavy atom. The van der Waals surface area contributed by atoms with Crippen molar-refractivity contribution >= 4 is 23.2 Å². The largest absolute Gasteiger partial charge is 0.492 e. The molecule has 0 aliphatic carbocycles. The molecule has 0 heterocycles. The molecule has 0 radical (unpaired) electrons. The molecule has 2 nitrogen and oxygen atoms in total. The smallest absolute Gasteiger partial charge is 0.119 e. The monoisotopic (exact) mass is 281 g/mol. The summed E-state index contributed by atoms with van der Waals surface area (Å²) in [5.41, 5.74) is 6.92. The number of hydrogen-bond donors (Lipinski definition) is 1. The molecular formula is C14H13Cl2NO. The summed E-state index contributed by atoms with van der Waals surface area (Å²) in [7, 11) is 0. The predicted octanol–water partition coefficient (Wildman–Crippen LogP) is 4.07. The molecule has 0 aliphatic heterocycles. The maximum Gasteiger partial charge on any atom is 0.119 e. The van der Waals surface area contributed by atoms with Gasteiger partial charge in [-0.3, -0.25) is 0 Å². The number of halogens is 2. The third-order valence-electron chi connectivity index (χ3n) is 2.55. The van der Waals surface area contributed by atoms with Gasteiger partial charge in [0.05, 0.1) is 6.04 Å². The lowest BCUT2D eigenvalue weighted by Crippen LogP contribution is -2.19. The van der Waals surface area contributed by atoms with Gasteiger partial charge in [-0.2, -0.15) is 0 Å². The van der Waals surface area contributed by atoms with Crippen LogP contribution < -0.4 is 10.5 Å². The number of hydrogen-bond acceptors (Lipinski definition) is 2. The van der Waals surface area contributed by atoms with Crippen molar-refractivity contribution in [3.8, 4) is 5.75 Å². The summed E-state index contributed by atoms with van der Waals surface area (Å²) in [6.45, 7) is 0.366. The molecule has 2 rings (SSSR count). The highest BCUT2D eigenvalue weighted by Crippen LogP contribution is 2.22. The van der Waals surface area contributed by atoms with E-state index in [0.29, 0.717) is 16.7 Å². The average molecular weight is 282 g/mol. The first-order chi connectivity index (χ1) is 8.66. The van der Waals surface area contributed by atoms with Gasteiger partial charge in [0.15, 0.2) is 0 Å². The van der Waals surface area contributed by atoms with Crippen LogP contribution in [0.1, 0.15) is 11.6 Å². The standard InChI is InChI=1S/C14H13Cl2NO/c15-10-5-7-11(8-6-10)18-9-14(17)12-3-1-2-4-13(12)16/h1-8,14H,9,17H2. The molecule has 2 N–H and O–H groups in total. The molecule has 1 atom stereocenters. The molecule has 0 aliphatic rings. The van der Waals surface area contributed by atoms with E-state index in [4.69, 9.17) is 33.7 Å². The van der Waals surface area contributed by atoms with Crippen molar-refractivity contribution in [1.82, 2.24) is 0 Å². The van der Waals surface area contributed by atoms with Crippen LogP contribution in [0.4, 0.5) is 0 Å². The van der Waals surface area contributed by atoms with E-state index in [2.05, 4.69) is 0 Å². The van der Waals surface area contributed by atoms with E-state index < -0.39 is 0 Å². The van der Waals surface area contributed by atoms with Crippen LogP contribution in [0.3, 0.4) is 0 Å². The molecule has 0 aromatic heterocycles. The molecule has 4 heteroatoms. The number of ether oxygens (including phenoxy) is 1. The van der Waals surface area contributed by atoms with Gasteiger partial charge in [0, 0.05) is 10.0 Å². The van der Waals surface area contributed by atoms with E-state index in [1.807, 2.05) is 36.4 Å². The van der Waals surface area contributed by atoms with Crippen LogP contribution in [0.2, 0.25) is 10.0 Å². The minimum Gasteiger partial charge on any atom is -0.492 e. The third-order valence-corrected chi connectivity index (χ3v) is 3.14. The lowest BCUT2D eigenvalue weighted by molar-refractivity contribution is 0.291. The molecule has 0 saturated heterocycles. The second kappa shape index (κ2) is 6.10. The van der Waals surface area contributed by atoms with E-state index in [9.17, 15) is 0 Å². The molecule has 2 aromatic rings. The molecule has 18 heavy (non-hydrogen) atoms. The fraction of sp³-hybridized carbons (Fsp3) is 0.143. The van der Waals surface area contributed by atoms with Gasteiger partial charge in [-0.25, -0.2) is 0 Å². The Bertz CT molecular complexity index is 513. The molecule has 1 unspecified atom stereocenters. The third kappa shape index (κ3) is 3.39. The van der Waals surface area contributed by atoms with Gasteiger partial charge in [-0.05, 0) is 35.9 Å². The highest BCUT2D eigenvalue weighted by atomic mass is 35.5. The first kappa shape index (κ1) is 13.2. The van der Waals surface area contributed by atoms with Crippen LogP contribution >= 0.6 is 23.2 Å². The SMILES string of the molecule is NC(COc1ccc(Cl)cc1)c1ccccc1Cl. The Morgan fingerprint density at radius 1 is 1.00 bits per heavy atom. The highest BCUT2D eigenvalue weighted by Gasteiger charge is 2.10. The van der Waals surface area contributed by atoms with Crippen LogP contribution in [-0.4, -0.2) is 6.61 Å². The van der Waals surface area contributed by atoms with E-state index in [-0.39, 0.29) is 6.04 Å². The zero-order valence-corrected chi connectivity index (χ0v) is 11.2. The van der Waals surface area contributed by atoms with Gasteiger partial charge < -0.3 is 10.5 Å². The van der Waals surface area contributed by atoms with Crippen molar-refractivity contribution in [2.75, 3.05) is 6.61 Å². The Hall–Kier alpha value is -1.22.